The summed E-state index contributed by atoms with van der Waals surface area (Å²) in [7, 11) is 0. The van der Waals surface area contributed by atoms with Gasteiger partial charge in [0.1, 0.15) is 0 Å². The van der Waals surface area contributed by atoms with Crippen molar-refractivity contribution in [3.8, 4) is 0 Å². The van der Waals surface area contributed by atoms with Gasteiger partial charge in [-0.05, 0) is 12.8 Å². The molecule has 21 heavy (non-hydrogen) atoms. The van der Waals surface area contributed by atoms with Crippen LogP contribution in [0.25, 0.3) is 0 Å². The predicted molar refractivity (Wildman–Crippen MR) is 79.6 cm³/mol. The van der Waals surface area contributed by atoms with Crippen molar-refractivity contribution in [1.82, 2.24) is 0 Å². The Balaban J connectivity index is -0.000000276. The van der Waals surface area contributed by atoms with Gasteiger partial charge in [0.2, 0.25) is 0 Å². The van der Waals surface area contributed by atoms with Crippen molar-refractivity contribution in [1.29, 1.82) is 0 Å². The first-order valence-electron chi connectivity index (χ1n) is 7.00. The Labute approximate surface area is 148 Å². The zero-order valence-electron chi connectivity index (χ0n) is 13.3. The molecule has 0 aromatic heterocycles. The van der Waals surface area contributed by atoms with Crippen LogP contribution in [0.1, 0.15) is 33.6 Å². The zero-order chi connectivity index (χ0) is 15.6. The van der Waals surface area contributed by atoms with Crippen LogP contribution in [0.4, 0.5) is 0 Å². The Morgan fingerprint density at radius 3 is 1.29 bits per heavy atom. The summed E-state index contributed by atoms with van der Waals surface area (Å²) < 4.78 is 0. The fourth-order valence-electron chi connectivity index (χ4n) is 1.38. The van der Waals surface area contributed by atoms with Crippen LogP contribution in [0.2, 0.25) is 0 Å². The smallest absolute Gasteiger partial charge is 0.855 e. The third-order valence-electron chi connectivity index (χ3n) is 1.97. The molecule has 2 rings (SSSR count). The molecule has 0 unspecified atom stereocenters. The van der Waals surface area contributed by atoms with Crippen LogP contribution in [0, 0.1) is 6.42 Å². The Kier molecular flexibility index (Phi) is 26.6. The van der Waals surface area contributed by atoms with Crippen LogP contribution >= 0.6 is 0 Å². The molecule has 0 aromatic rings. The van der Waals surface area contributed by atoms with E-state index >= 15 is 0 Å². The third-order valence-corrected chi connectivity index (χ3v) is 1.97. The third kappa shape index (κ3) is 19.6. The average molecular weight is 370 g/mol. The average Bonchev–Trinajstić information content (AvgIpc) is 3.06. The molecule has 2 aliphatic carbocycles. The van der Waals surface area contributed by atoms with E-state index in [4.69, 9.17) is 15.3 Å². The maximum absolute atomic E-state index is 8.93. The Morgan fingerprint density at radius 1 is 0.810 bits per heavy atom. The molecule has 0 aliphatic heterocycles. The van der Waals surface area contributed by atoms with Gasteiger partial charge in [0.25, 0.3) is 0 Å². The van der Waals surface area contributed by atoms with Gasteiger partial charge < -0.3 is 15.3 Å². The second kappa shape index (κ2) is 21.9. The predicted octanol–water partition coefficient (Wildman–Crippen LogP) is 1.06. The summed E-state index contributed by atoms with van der Waals surface area (Å²) in [4.78, 5) is 0. The summed E-state index contributed by atoms with van der Waals surface area (Å²) in [6.07, 6.45) is 17.5. The second-order valence-corrected chi connectivity index (χ2v) is 3.76. The number of rotatable bonds is 2. The van der Waals surface area contributed by atoms with Gasteiger partial charge in [-0.2, -0.15) is 29.7 Å². The van der Waals surface area contributed by atoms with E-state index in [1.54, 1.807) is 20.8 Å². The van der Waals surface area contributed by atoms with Gasteiger partial charge in [-0.3, -0.25) is 0 Å². The molecule has 0 amide bonds. The minimum absolute atomic E-state index is 0. The summed E-state index contributed by atoms with van der Waals surface area (Å²) in [5.41, 5.74) is 2.86. The Hall–Kier alpha value is -0.407. The minimum atomic E-state index is 0. The van der Waals surface area contributed by atoms with Crippen molar-refractivity contribution >= 4 is 0 Å². The number of hydrogen-bond acceptors (Lipinski definition) is 3. The van der Waals surface area contributed by atoms with Gasteiger partial charge in [0.05, 0.1) is 0 Å². The molecule has 3 nitrogen and oxygen atoms in total. The fourth-order valence-corrected chi connectivity index (χ4v) is 1.38. The molecule has 0 atom stereocenters. The van der Waals surface area contributed by atoms with Crippen molar-refractivity contribution in [2.24, 2.45) is 0 Å². The Bertz CT molecular complexity index is 285. The van der Waals surface area contributed by atoms with Crippen molar-refractivity contribution in [2.75, 3.05) is 19.8 Å². The van der Waals surface area contributed by atoms with E-state index in [1.165, 1.54) is 11.1 Å². The minimum Gasteiger partial charge on any atom is -0.855 e. The van der Waals surface area contributed by atoms with E-state index in [9.17, 15) is 0 Å². The second-order valence-electron chi connectivity index (χ2n) is 3.76. The van der Waals surface area contributed by atoms with Gasteiger partial charge in [0.15, 0.2) is 0 Å². The molecule has 0 N–H and O–H groups in total. The van der Waals surface area contributed by atoms with Gasteiger partial charge >= 0.3 is 26.2 Å². The number of allylic oxidation sites excluding steroid dienone is 8. The van der Waals surface area contributed by atoms with Crippen LogP contribution in [-0.2, 0) is 26.2 Å². The first kappa shape index (κ1) is 25.5. The molecule has 0 saturated heterocycles. The largest absolute Gasteiger partial charge is 4.00 e. The van der Waals surface area contributed by atoms with Crippen LogP contribution < -0.4 is 15.3 Å². The first-order valence-corrected chi connectivity index (χ1v) is 7.00. The van der Waals surface area contributed by atoms with Crippen molar-refractivity contribution in [3.63, 3.8) is 0 Å². The summed E-state index contributed by atoms with van der Waals surface area (Å²) >= 11 is 0. The molecule has 0 bridgehead atoms. The molecular formula is C17H26O3Zr. The van der Waals surface area contributed by atoms with Crippen LogP contribution in [-0.4, -0.2) is 19.8 Å². The normalized spacial score (nSPS) is 13.2. The van der Waals surface area contributed by atoms with Crippen LogP contribution in [0.15, 0.2) is 47.6 Å². The SMILES string of the molecule is C1=CCC([CH-]C2=CC=CC2)=C1.CC[O-].CC[O-].CC[O-].[Zr+4]. The van der Waals surface area contributed by atoms with Crippen LogP contribution in [0.3, 0.4) is 0 Å². The van der Waals surface area contributed by atoms with E-state index < -0.39 is 0 Å². The molecule has 0 spiro atoms. The maximum atomic E-state index is 8.93. The molecule has 0 radical (unpaired) electrons. The summed E-state index contributed by atoms with van der Waals surface area (Å²) in [5, 5.41) is 26.8. The molecule has 0 saturated carbocycles. The molecule has 4 heteroatoms. The fraction of sp³-hybridized carbons (Fsp3) is 0.471. The molecule has 2 aliphatic rings. The maximum Gasteiger partial charge on any atom is 4.00 e. The van der Waals surface area contributed by atoms with Gasteiger partial charge in [-0.25, -0.2) is 0 Å². The first-order chi connectivity index (χ1) is 9.69. The van der Waals surface area contributed by atoms with Crippen molar-refractivity contribution in [3.05, 3.63) is 54.0 Å². The van der Waals surface area contributed by atoms with E-state index in [0.29, 0.717) is 0 Å². The van der Waals surface area contributed by atoms with Crippen molar-refractivity contribution in [2.45, 2.75) is 33.6 Å². The number of hydrogen-bond donors (Lipinski definition) is 0. The van der Waals surface area contributed by atoms with E-state index in [1.807, 2.05) is 0 Å². The quantitative estimate of drug-likeness (QED) is 0.684. The molecular weight excluding hydrogens is 343 g/mol. The van der Waals surface area contributed by atoms with Gasteiger partial charge in [0, 0.05) is 0 Å². The monoisotopic (exact) mass is 368 g/mol. The van der Waals surface area contributed by atoms with Crippen molar-refractivity contribution < 1.29 is 41.5 Å². The van der Waals surface area contributed by atoms with E-state index in [-0.39, 0.29) is 46.0 Å². The molecule has 116 valence electrons. The molecule has 0 heterocycles. The van der Waals surface area contributed by atoms with Crippen LogP contribution in [0.5, 0.6) is 0 Å². The topological polar surface area (TPSA) is 69.2 Å². The van der Waals surface area contributed by atoms with E-state index in [2.05, 4.69) is 42.9 Å². The molecule has 0 aromatic carbocycles. The molecule has 0 fully saturated rings. The standard InChI is InChI=1S/C11H11.3C2H5O.Zr/c1-2-6-10(5-1)9-11-7-3-4-8-11;3*1-2-3;/h1-5,7,9H,6,8H2;3*2H2,1H3;/q4*-1;+4. The van der Waals surface area contributed by atoms with E-state index in [0.717, 1.165) is 12.8 Å². The summed E-state index contributed by atoms with van der Waals surface area (Å²) in [5.74, 6) is 0. The summed E-state index contributed by atoms with van der Waals surface area (Å²) in [6.45, 7) is 4.71. The van der Waals surface area contributed by atoms with Gasteiger partial charge in [-0.15, -0.1) is 32.0 Å². The Morgan fingerprint density at radius 2 is 1.10 bits per heavy atom. The zero-order valence-corrected chi connectivity index (χ0v) is 15.8. The summed E-state index contributed by atoms with van der Waals surface area (Å²) in [6, 6.07) is 0. The van der Waals surface area contributed by atoms with Gasteiger partial charge in [-0.1, -0.05) is 32.9 Å².